The van der Waals surface area contributed by atoms with Crippen molar-refractivity contribution in [3.63, 3.8) is 0 Å². The summed E-state index contributed by atoms with van der Waals surface area (Å²) in [6.07, 6.45) is -3.21. The molecule has 0 spiro atoms. The lowest BCUT2D eigenvalue weighted by molar-refractivity contribution is -0.274. The van der Waals surface area contributed by atoms with Crippen LogP contribution in [0.4, 0.5) is 24.8 Å². The van der Waals surface area contributed by atoms with Crippen molar-refractivity contribution in [2.24, 2.45) is 0 Å². The molecule has 0 atom stereocenters. The zero-order valence-corrected chi connectivity index (χ0v) is 15.8. The summed E-state index contributed by atoms with van der Waals surface area (Å²) in [4.78, 5) is 13.3. The van der Waals surface area contributed by atoms with E-state index in [0.717, 1.165) is 17.7 Å². The third kappa shape index (κ3) is 5.81. The van der Waals surface area contributed by atoms with Gasteiger partial charge in [-0.3, -0.25) is 0 Å². The van der Waals surface area contributed by atoms with Gasteiger partial charge in [0.1, 0.15) is 17.3 Å². The Balaban J connectivity index is 1.85. The first-order valence-corrected chi connectivity index (χ1v) is 8.88. The first kappa shape index (κ1) is 20.4. The van der Waals surface area contributed by atoms with Crippen LogP contribution < -0.4 is 14.8 Å². The van der Waals surface area contributed by atoms with E-state index in [2.05, 4.69) is 25.0 Å². The molecule has 3 aromatic rings. The van der Waals surface area contributed by atoms with E-state index in [9.17, 15) is 13.2 Å². The largest absolute Gasteiger partial charge is 0.573 e. The van der Waals surface area contributed by atoms with Gasteiger partial charge in [0.05, 0.1) is 7.11 Å². The highest BCUT2D eigenvalue weighted by Gasteiger charge is 2.30. The van der Waals surface area contributed by atoms with E-state index < -0.39 is 6.36 Å². The zero-order valence-electron chi connectivity index (χ0n) is 15.8. The van der Waals surface area contributed by atoms with E-state index >= 15 is 0 Å². The number of nitrogens with zero attached hydrogens (tertiary/aromatic N) is 3. The van der Waals surface area contributed by atoms with Crippen LogP contribution in [0, 0.1) is 0 Å². The lowest BCUT2D eigenvalue weighted by Gasteiger charge is -2.11. The number of ether oxygens (including phenoxy) is 2. The number of methoxy groups -OCH3 is 1. The summed E-state index contributed by atoms with van der Waals surface area (Å²) in [7, 11) is 1.59. The average molecular weight is 404 g/mol. The Morgan fingerprint density at radius 2 is 1.55 bits per heavy atom. The normalized spacial score (nSPS) is 11.2. The van der Waals surface area contributed by atoms with Crippen LogP contribution in [-0.2, 0) is 6.42 Å². The van der Waals surface area contributed by atoms with Crippen LogP contribution in [0.25, 0.3) is 11.4 Å². The van der Waals surface area contributed by atoms with Crippen molar-refractivity contribution in [1.82, 2.24) is 15.0 Å². The van der Waals surface area contributed by atoms with Gasteiger partial charge < -0.3 is 14.8 Å². The van der Waals surface area contributed by atoms with Crippen LogP contribution in [0.2, 0.25) is 0 Å². The fraction of sp³-hybridized carbons (Fsp3) is 0.250. The Bertz CT molecular complexity index is 945. The van der Waals surface area contributed by atoms with Crippen LogP contribution in [0.3, 0.4) is 0 Å². The number of anilines is 2. The molecule has 0 amide bonds. The van der Waals surface area contributed by atoms with Gasteiger partial charge in [0, 0.05) is 17.7 Å². The van der Waals surface area contributed by atoms with Gasteiger partial charge in [0.15, 0.2) is 5.82 Å². The maximum absolute atomic E-state index is 12.3. The summed E-state index contributed by atoms with van der Waals surface area (Å²) in [6, 6.07) is 12.7. The minimum Gasteiger partial charge on any atom is -0.497 e. The van der Waals surface area contributed by atoms with Crippen LogP contribution in [0.5, 0.6) is 11.5 Å². The summed E-state index contributed by atoms with van der Waals surface area (Å²) >= 11 is 0. The highest BCUT2D eigenvalue weighted by atomic mass is 19.4. The van der Waals surface area contributed by atoms with Crippen molar-refractivity contribution in [2.45, 2.75) is 26.1 Å². The molecule has 0 aliphatic rings. The molecule has 1 aromatic heterocycles. The van der Waals surface area contributed by atoms with Gasteiger partial charge in [-0.15, -0.1) is 13.2 Å². The molecule has 0 aliphatic carbocycles. The number of aromatic nitrogens is 3. The molecule has 1 N–H and O–H groups in total. The third-order valence-electron chi connectivity index (χ3n) is 3.85. The average Bonchev–Trinajstić information content (AvgIpc) is 2.68. The Hall–Kier alpha value is -3.36. The number of halogens is 3. The molecule has 2 aromatic carbocycles. The second-order valence-electron chi connectivity index (χ2n) is 6.07. The van der Waals surface area contributed by atoms with Gasteiger partial charge in [-0.05, 0) is 55.0 Å². The molecular formula is C20H19F3N4O2. The van der Waals surface area contributed by atoms with Gasteiger partial charge in [-0.1, -0.05) is 6.92 Å². The van der Waals surface area contributed by atoms with Crippen molar-refractivity contribution >= 4 is 11.6 Å². The van der Waals surface area contributed by atoms with E-state index in [4.69, 9.17) is 4.74 Å². The van der Waals surface area contributed by atoms with Crippen LogP contribution in [-0.4, -0.2) is 28.4 Å². The highest BCUT2D eigenvalue weighted by molar-refractivity contribution is 5.60. The second-order valence-corrected chi connectivity index (χ2v) is 6.07. The van der Waals surface area contributed by atoms with Crippen LogP contribution in [0.1, 0.15) is 19.2 Å². The smallest absolute Gasteiger partial charge is 0.497 e. The molecule has 0 saturated carbocycles. The fourth-order valence-electron chi connectivity index (χ4n) is 2.55. The Morgan fingerprint density at radius 1 is 0.897 bits per heavy atom. The fourth-order valence-corrected chi connectivity index (χ4v) is 2.55. The molecule has 3 rings (SSSR count). The van der Waals surface area contributed by atoms with Crippen LogP contribution in [0.15, 0.2) is 48.5 Å². The maximum Gasteiger partial charge on any atom is 0.573 e. The first-order valence-electron chi connectivity index (χ1n) is 8.88. The SMILES string of the molecule is CCCc1nc(Nc2ccc(OC(F)(F)F)cc2)nc(-c2ccc(OC)cc2)n1. The van der Waals surface area contributed by atoms with Crippen molar-refractivity contribution in [2.75, 3.05) is 12.4 Å². The van der Waals surface area contributed by atoms with Gasteiger partial charge in [-0.2, -0.15) is 9.97 Å². The van der Waals surface area contributed by atoms with E-state index in [1.165, 1.54) is 24.3 Å². The van der Waals surface area contributed by atoms with E-state index in [-0.39, 0.29) is 5.75 Å². The van der Waals surface area contributed by atoms with Crippen molar-refractivity contribution < 1.29 is 22.6 Å². The molecule has 0 bridgehead atoms. The summed E-state index contributed by atoms with van der Waals surface area (Å²) in [6.45, 7) is 2.02. The van der Waals surface area contributed by atoms with Gasteiger partial charge in [0.25, 0.3) is 0 Å². The topological polar surface area (TPSA) is 69.2 Å². The molecule has 1 heterocycles. The standard InChI is InChI=1S/C20H19F3N4O2/c1-3-4-17-25-18(13-5-9-15(28-2)10-6-13)27-19(26-17)24-14-7-11-16(12-8-14)29-20(21,22)23/h5-12H,3-4H2,1-2H3,(H,24,25,26,27). The minimum absolute atomic E-state index is 0.302. The molecule has 29 heavy (non-hydrogen) atoms. The number of aryl methyl sites for hydroxylation is 1. The van der Waals surface area contributed by atoms with E-state index in [1.807, 2.05) is 31.2 Å². The highest BCUT2D eigenvalue weighted by Crippen LogP contribution is 2.26. The number of hydrogen-bond donors (Lipinski definition) is 1. The quantitative estimate of drug-likeness (QED) is 0.588. The number of rotatable bonds is 7. The number of benzene rings is 2. The van der Waals surface area contributed by atoms with Gasteiger partial charge >= 0.3 is 6.36 Å². The van der Waals surface area contributed by atoms with Crippen LogP contribution >= 0.6 is 0 Å². The van der Waals surface area contributed by atoms with E-state index in [1.54, 1.807) is 7.11 Å². The lowest BCUT2D eigenvalue weighted by Crippen LogP contribution is -2.17. The second kappa shape index (κ2) is 8.76. The molecule has 0 fully saturated rings. The van der Waals surface area contributed by atoms with Crippen molar-refractivity contribution in [3.05, 3.63) is 54.4 Å². The number of hydrogen-bond acceptors (Lipinski definition) is 6. The van der Waals surface area contributed by atoms with Gasteiger partial charge in [-0.25, -0.2) is 4.98 Å². The number of nitrogens with one attached hydrogen (secondary N) is 1. The summed E-state index contributed by atoms with van der Waals surface area (Å²) in [5.74, 6) is 1.83. The Morgan fingerprint density at radius 3 is 2.14 bits per heavy atom. The molecule has 0 radical (unpaired) electrons. The van der Waals surface area contributed by atoms with Crippen molar-refractivity contribution in [3.8, 4) is 22.9 Å². The predicted molar refractivity (Wildman–Crippen MR) is 102 cm³/mol. The summed E-state index contributed by atoms with van der Waals surface area (Å²) in [5, 5.41) is 3.00. The predicted octanol–water partition coefficient (Wildman–Crippen LogP) is 5.14. The molecule has 9 heteroatoms. The van der Waals surface area contributed by atoms with Crippen molar-refractivity contribution in [1.29, 1.82) is 0 Å². The first-order chi connectivity index (χ1) is 13.9. The molecule has 0 saturated heterocycles. The van der Waals surface area contributed by atoms with E-state index in [0.29, 0.717) is 29.7 Å². The van der Waals surface area contributed by atoms with Gasteiger partial charge in [0.2, 0.25) is 5.95 Å². The molecule has 0 aliphatic heterocycles. The minimum atomic E-state index is -4.73. The maximum atomic E-state index is 12.3. The lowest BCUT2D eigenvalue weighted by atomic mass is 10.2. The monoisotopic (exact) mass is 404 g/mol. The zero-order chi connectivity index (χ0) is 20.9. The Kier molecular flexibility index (Phi) is 6.16. The molecule has 0 unspecified atom stereocenters. The molecule has 152 valence electrons. The molecular weight excluding hydrogens is 385 g/mol. The number of alkyl halides is 3. The molecule has 6 nitrogen and oxygen atoms in total. The third-order valence-corrected chi connectivity index (χ3v) is 3.85. The summed E-state index contributed by atoms with van der Waals surface area (Å²) in [5.41, 5.74) is 1.32. The summed E-state index contributed by atoms with van der Waals surface area (Å²) < 4.78 is 45.9. The Labute approximate surface area is 165 Å².